The first-order valence-corrected chi connectivity index (χ1v) is 8.55. The summed E-state index contributed by atoms with van der Waals surface area (Å²) in [5.74, 6) is 0. The Kier molecular flexibility index (Phi) is 5.78. The van der Waals surface area contributed by atoms with Crippen LogP contribution in [0.1, 0.15) is 29.0 Å². The molecular weight excluding hydrogens is 332 g/mol. The van der Waals surface area contributed by atoms with Crippen molar-refractivity contribution in [3.05, 3.63) is 56.2 Å². The Morgan fingerprint density at radius 2 is 2.15 bits per heavy atom. The highest BCUT2D eigenvalue weighted by Gasteiger charge is 2.20. The van der Waals surface area contributed by atoms with Gasteiger partial charge in [0.05, 0.1) is 0 Å². The Morgan fingerprint density at radius 1 is 1.35 bits per heavy atom. The number of benzene rings is 1. The van der Waals surface area contributed by atoms with Crippen LogP contribution >= 0.6 is 27.3 Å². The quantitative estimate of drug-likeness (QED) is 0.837. The predicted molar refractivity (Wildman–Crippen MR) is 91.1 cm³/mol. The standard InChI is InChI=1S/C16H21BrN2S/c1-3-19(11-13-5-4-8-20-13)16(10-18)14-7-6-12(2)9-15(14)17/h4-9,16H,3,10-11,18H2,1-2H3. The van der Waals surface area contributed by atoms with Gasteiger partial charge < -0.3 is 5.73 Å². The summed E-state index contributed by atoms with van der Waals surface area (Å²) in [7, 11) is 0. The summed E-state index contributed by atoms with van der Waals surface area (Å²) in [6.45, 7) is 6.87. The molecule has 0 saturated heterocycles. The lowest BCUT2D eigenvalue weighted by molar-refractivity contribution is 0.204. The molecule has 1 atom stereocenters. The van der Waals surface area contributed by atoms with Gasteiger partial charge in [0.1, 0.15) is 0 Å². The zero-order valence-electron chi connectivity index (χ0n) is 12.0. The van der Waals surface area contributed by atoms with Gasteiger partial charge in [-0.2, -0.15) is 0 Å². The molecule has 0 saturated carbocycles. The smallest absolute Gasteiger partial charge is 0.0485 e. The van der Waals surface area contributed by atoms with Crippen molar-refractivity contribution in [3.63, 3.8) is 0 Å². The van der Waals surface area contributed by atoms with E-state index in [9.17, 15) is 0 Å². The van der Waals surface area contributed by atoms with Gasteiger partial charge in [0, 0.05) is 28.5 Å². The Balaban J connectivity index is 2.24. The number of rotatable bonds is 6. The molecule has 1 heterocycles. The first-order chi connectivity index (χ1) is 9.65. The van der Waals surface area contributed by atoms with Gasteiger partial charge in [-0.25, -0.2) is 0 Å². The highest BCUT2D eigenvalue weighted by molar-refractivity contribution is 9.10. The van der Waals surface area contributed by atoms with Crippen LogP contribution in [0.2, 0.25) is 0 Å². The lowest BCUT2D eigenvalue weighted by atomic mass is 10.0. The fourth-order valence-electron chi connectivity index (χ4n) is 2.42. The molecular formula is C16H21BrN2S. The highest BCUT2D eigenvalue weighted by atomic mass is 79.9. The van der Waals surface area contributed by atoms with Gasteiger partial charge in [0.25, 0.3) is 0 Å². The van der Waals surface area contributed by atoms with Crippen LogP contribution < -0.4 is 5.73 Å². The van der Waals surface area contributed by atoms with Gasteiger partial charge in [-0.3, -0.25) is 4.90 Å². The fourth-order valence-corrected chi connectivity index (χ4v) is 3.91. The van der Waals surface area contributed by atoms with Crippen LogP contribution in [0.5, 0.6) is 0 Å². The van der Waals surface area contributed by atoms with Crippen LogP contribution in [0.15, 0.2) is 40.2 Å². The molecule has 0 aliphatic heterocycles. The minimum absolute atomic E-state index is 0.247. The third-order valence-electron chi connectivity index (χ3n) is 3.52. The van der Waals surface area contributed by atoms with E-state index in [2.05, 4.69) is 70.4 Å². The summed E-state index contributed by atoms with van der Waals surface area (Å²) >= 11 is 5.49. The monoisotopic (exact) mass is 352 g/mol. The number of nitrogens with two attached hydrogens (primary N) is 1. The number of hydrogen-bond donors (Lipinski definition) is 1. The molecule has 0 fully saturated rings. The predicted octanol–water partition coefficient (Wildman–Crippen LogP) is 4.34. The second-order valence-corrected chi connectivity index (χ2v) is 6.81. The Labute approximate surface area is 133 Å². The number of likely N-dealkylation sites (N-methyl/N-ethyl adjacent to an activating group) is 1. The number of thiophene rings is 1. The molecule has 2 rings (SSSR count). The average molecular weight is 353 g/mol. The van der Waals surface area contributed by atoms with Crippen molar-refractivity contribution in [1.82, 2.24) is 4.90 Å². The lowest BCUT2D eigenvalue weighted by Gasteiger charge is -2.30. The summed E-state index contributed by atoms with van der Waals surface area (Å²) < 4.78 is 1.15. The Bertz CT molecular complexity index is 539. The topological polar surface area (TPSA) is 29.3 Å². The van der Waals surface area contributed by atoms with Crippen molar-refractivity contribution in [2.45, 2.75) is 26.4 Å². The Morgan fingerprint density at radius 3 is 2.70 bits per heavy atom. The van der Waals surface area contributed by atoms with E-state index in [1.165, 1.54) is 16.0 Å². The van der Waals surface area contributed by atoms with E-state index < -0.39 is 0 Å². The minimum atomic E-state index is 0.247. The normalized spacial score (nSPS) is 12.8. The van der Waals surface area contributed by atoms with Gasteiger partial charge in [-0.1, -0.05) is 41.1 Å². The van der Waals surface area contributed by atoms with E-state index in [1.54, 1.807) is 11.3 Å². The maximum absolute atomic E-state index is 6.06. The molecule has 20 heavy (non-hydrogen) atoms. The molecule has 4 heteroatoms. The van der Waals surface area contributed by atoms with Crippen LogP contribution in [0.4, 0.5) is 0 Å². The maximum Gasteiger partial charge on any atom is 0.0485 e. The molecule has 108 valence electrons. The molecule has 0 bridgehead atoms. The first kappa shape index (κ1) is 15.7. The van der Waals surface area contributed by atoms with E-state index in [1.807, 2.05) is 0 Å². The molecule has 2 nitrogen and oxygen atoms in total. The second-order valence-electron chi connectivity index (χ2n) is 4.92. The maximum atomic E-state index is 6.06. The largest absolute Gasteiger partial charge is 0.329 e. The van der Waals surface area contributed by atoms with Crippen molar-refractivity contribution in [2.75, 3.05) is 13.1 Å². The zero-order chi connectivity index (χ0) is 14.5. The van der Waals surface area contributed by atoms with E-state index in [4.69, 9.17) is 5.73 Å². The number of halogens is 1. The molecule has 0 amide bonds. The van der Waals surface area contributed by atoms with Crippen LogP contribution in [0, 0.1) is 6.92 Å². The SMILES string of the molecule is CCN(Cc1cccs1)C(CN)c1ccc(C)cc1Br. The van der Waals surface area contributed by atoms with Crippen LogP contribution in [-0.4, -0.2) is 18.0 Å². The summed E-state index contributed by atoms with van der Waals surface area (Å²) in [6.07, 6.45) is 0. The van der Waals surface area contributed by atoms with E-state index in [0.717, 1.165) is 17.6 Å². The van der Waals surface area contributed by atoms with Gasteiger partial charge >= 0.3 is 0 Å². The van der Waals surface area contributed by atoms with Crippen molar-refractivity contribution in [2.24, 2.45) is 5.73 Å². The first-order valence-electron chi connectivity index (χ1n) is 6.88. The average Bonchev–Trinajstić information content (AvgIpc) is 2.93. The summed E-state index contributed by atoms with van der Waals surface area (Å²) in [5.41, 5.74) is 8.59. The van der Waals surface area contributed by atoms with Crippen LogP contribution in [0.3, 0.4) is 0 Å². The van der Waals surface area contributed by atoms with Crippen LogP contribution in [0.25, 0.3) is 0 Å². The van der Waals surface area contributed by atoms with Crippen molar-refractivity contribution in [1.29, 1.82) is 0 Å². The van der Waals surface area contributed by atoms with Gasteiger partial charge in [0.2, 0.25) is 0 Å². The summed E-state index contributed by atoms with van der Waals surface area (Å²) in [5, 5.41) is 2.13. The van der Waals surface area contributed by atoms with Gasteiger partial charge in [-0.15, -0.1) is 11.3 Å². The van der Waals surface area contributed by atoms with Gasteiger partial charge in [0.15, 0.2) is 0 Å². The van der Waals surface area contributed by atoms with Crippen molar-refractivity contribution < 1.29 is 0 Å². The number of hydrogen-bond acceptors (Lipinski definition) is 3. The lowest BCUT2D eigenvalue weighted by Crippen LogP contribution is -2.33. The van der Waals surface area contributed by atoms with E-state index in [0.29, 0.717) is 6.54 Å². The third kappa shape index (κ3) is 3.70. The molecule has 0 aliphatic carbocycles. The molecule has 1 unspecified atom stereocenters. The third-order valence-corrected chi connectivity index (χ3v) is 5.07. The summed E-state index contributed by atoms with van der Waals surface area (Å²) in [4.78, 5) is 3.81. The minimum Gasteiger partial charge on any atom is -0.329 e. The molecule has 1 aromatic carbocycles. The van der Waals surface area contributed by atoms with Crippen molar-refractivity contribution >= 4 is 27.3 Å². The molecule has 1 aromatic heterocycles. The van der Waals surface area contributed by atoms with Gasteiger partial charge in [-0.05, 0) is 42.1 Å². The highest BCUT2D eigenvalue weighted by Crippen LogP contribution is 2.29. The molecule has 0 spiro atoms. The number of aryl methyl sites for hydroxylation is 1. The summed E-state index contributed by atoms with van der Waals surface area (Å²) in [6, 6.07) is 11.0. The number of nitrogens with zero attached hydrogens (tertiary/aromatic N) is 1. The second kappa shape index (κ2) is 7.36. The molecule has 2 aromatic rings. The van der Waals surface area contributed by atoms with Crippen molar-refractivity contribution in [3.8, 4) is 0 Å². The zero-order valence-corrected chi connectivity index (χ0v) is 14.4. The van der Waals surface area contributed by atoms with E-state index >= 15 is 0 Å². The molecule has 0 aliphatic rings. The fraction of sp³-hybridized carbons (Fsp3) is 0.375. The molecule has 2 N–H and O–H groups in total. The van der Waals surface area contributed by atoms with Crippen LogP contribution in [-0.2, 0) is 6.54 Å². The Hall–Kier alpha value is -0.680. The molecule has 0 radical (unpaired) electrons. The van der Waals surface area contributed by atoms with E-state index in [-0.39, 0.29) is 6.04 Å².